The average molecular weight is 513 g/mol. The first-order chi connectivity index (χ1) is 17.7. The van der Waals surface area contributed by atoms with Gasteiger partial charge in [-0.3, -0.25) is 19.7 Å². The normalized spacial score (nSPS) is 14.7. The summed E-state index contributed by atoms with van der Waals surface area (Å²) in [5, 5.41) is 2.40. The van der Waals surface area contributed by atoms with Gasteiger partial charge < -0.3 is 9.47 Å². The first kappa shape index (κ1) is 24.3. The van der Waals surface area contributed by atoms with Crippen LogP contribution < -0.4 is 16.6 Å². The smallest absolute Gasteiger partial charge is 0.324 e. The number of piperidine rings is 1. The number of hydrogen-bond donors (Lipinski definition) is 2. The molecule has 2 amide bonds. The second-order valence-corrected chi connectivity index (χ2v) is 8.71. The van der Waals surface area contributed by atoms with Gasteiger partial charge in [0.25, 0.3) is 5.56 Å². The number of carbonyl (C=O) groups is 1. The Morgan fingerprint density at radius 3 is 2.51 bits per heavy atom. The lowest BCUT2D eigenvalue weighted by molar-refractivity contribution is -0.141. The lowest BCUT2D eigenvalue weighted by Crippen LogP contribution is -2.43. The lowest BCUT2D eigenvalue weighted by Gasteiger charge is -2.32. The van der Waals surface area contributed by atoms with Gasteiger partial charge >= 0.3 is 17.9 Å². The zero-order valence-corrected chi connectivity index (χ0v) is 19.4. The molecule has 1 aromatic carbocycles. The lowest BCUT2D eigenvalue weighted by atomic mass is 10.0. The molecule has 0 bridgehead atoms. The van der Waals surface area contributed by atoms with Gasteiger partial charge in [0, 0.05) is 37.1 Å². The van der Waals surface area contributed by atoms with Crippen LogP contribution in [0.2, 0.25) is 0 Å². The summed E-state index contributed by atoms with van der Waals surface area (Å²) in [7, 11) is 0. The second-order valence-electron chi connectivity index (χ2n) is 8.71. The molecule has 3 aromatic heterocycles. The topological polar surface area (TPSA) is 118 Å². The Kier molecular flexibility index (Phi) is 6.27. The Morgan fingerprint density at radius 1 is 1.08 bits per heavy atom. The largest absolute Gasteiger partial charge is 0.406 e. The minimum Gasteiger partial charge on any atom is -0.324 e. The molecule has 0 aliphatic carbocycles. The van der Waals surface area contributed by atoms with Crippen molar-refractivity contribution in [3.63, 3.8) is 0 Å². The molecule has 37 heavy (non-hydrogen) atoms. The fraction of sp³-hybridized carbons (Fsp3) is 0.292. The Bertz CT molecular complexity index is 1550. The number of H-pyrrole nitrogens is 1. The molecular formula is C24H22F3N7O3. The number of nitrogens with one attached hydrogen (secondary N) is 2. The highest BCUT2D eigenvalue weighted by Crippen LogP contribution is 2.25. The highest BCUT2D eigenvalue weighted by molar-refractivity contribution is 5.88. The van der Waals surface area contributed by atoms with Crippen LogP contribution in [0.25, 0.3) is 22.4 Å². The van der Waals surface area contributed by atoms with E-state index in [4.69, 9.17) is 0 Å². The maximum atomic E-state index is 13.1. The molecule has 0 saturated carbocycles. The third-order valence-corrected chi connectivity index (χ3v) is 6.23. The number of likely N-dealkylation sites (tertiary alicyclic amines) is 1. The third-order valence-electron chi connectivity index (χ3n) is 6.23. The van der Waals surface area contributed by atoms with Crippen molar-refractivity contribution < 1.29 is 18.0 Å². The predicted octanol–water partition coefficient (Wildman–Crippen LogP) is 3.38. The van der Waals surface area contributed by atoms with Gasteiger partial charge in [0.05, 0.1) is 11.2 Å². The van der Waals surface area contributed by atoms with E-state index in [0.717, 1.165) is 6.20 Å². The number of urea groups is 1. The number of fused-ring (bicyclic) bond motifs is 1. The Morgan fingerprint density at radius 2 is 1.81 bits per heavy atom. The molecule has 2 N–H and O–H groups in total. The molecule has 0 unspecified atom stereocenters. The maximum Gasteiger partial charge on any atom is 0.406 e. The highest BCUT2D eigenvalue weighted by Gasteiger charge is 2.30. The van der Waals surface area contributed by atoms with E-state index in [1.165, 1.54) is 4.90 Å². The van der Waals surface area contributed by atoms with Crippen molar-refractivity contribution in [1.29, 1.82) is 0 Å². The Labute approximate surface area is 207 Å². The number of pyridine rings is 1. The van der Waals surface area contributed by atoms with Gasteiger partial charge in [-0.05, 0) is 25.0 Å². The van der Waals surface area contributed by atoms with Crippen molar-refractivity contribution in [3.05, 3.63) is 75.7 Å². The van der Waals surface area contributed by atoms with Crippen LogP contribution in [0.1, 0.15) is 18.9 Å². The van der Waals surface area contributed by atoms with Crippen LogP contribution in [0, 0.1) is 0 Å². The molecule has 5 rings (SSSR count). The van der Waals surface area contributed by atoms with Crippen LogP contribution in [-0.2, 0) is 6.54 Å². The molecule has 0 spiro atoms. The van der Waals surface area contributed by atoms with E-state index in [1.54, 1.807) is 53.2 Å². The van der Waals surface area contributed by atoms with Crippen molar-refractivity contribution in [2.75, 3.05) is 18.4 Å². The van der Waals surface area contributed by atoms with E-state index in [9.17, 15) is 27.6 Å². The average Bonchev–Trinajstić information content (AvgIpc) is 3.21. The number of rotatable bonds is 4. The summed E-state index contributed by atoms with van der Waals surface area (Å²) >= 11 is 0. The molecule has 1 aliphatic heterocycles. The zero-order valence-electron chi connectivity index (χ0n) is 19.4. The standard InChI is InChI=1S/C24H22F3N7O3/c25-24(26,27)14-33-13-17(15-5-2-1-3-6-15)29-20(21(33)35)31-22(36)32-11-8-16(9-12-32)34-18-7-4-10-28-19(18)30-23(34)37/h1-7,10,13,16H,8-9,11-12,14H2,(H,28,30,37)(H,29,31,36). The Balaban J connectivity index is 1.35. The summed E-state index contributed by atoms with van der Waals surface area (Å²) in [6.45, 7) is -0.979. The summed E-state index contributed by atoms with van der Waals surface area (Å²) in [5.41, 5.74) is 0.413. The van der Waals surface area contributed by atoms with Gasteiger partial charge in [-0.1, -0.05) is 30.3 Å². The zero-order chi connectivity index (χ0) is 26.2. The third kappa shape index (κ3) is 5.10. The van der Waals surface area contributed by atoms with Crippen LogP contribution >= 0.6 is 0 Å². The molecule has 1 fully saturated rings. The number of anilines is 1. The number of alkyl halides is 3. The van der Waals surface area contributed by atoms with Crippen molar-refractivity contribution in [2.24, 2.45) is 0 Å². The van der Waals surface area contributed by atoms with Gasteiger partial charge in [-0.25, -0.2) is 19.6 Å². The van der Waals surface area contributed by atoms with Crippen molar-refractivity contribution in [2.45, 2.75) is 31.6 Å². The van der Waals surface area contributed by atoms with E-state index < -0.39 is 30.1 Å². The highest BCUT2D eigenvalue weighted by atomic mass is 19.4. The van der Waals surface area contributed by atoms with Gasteiger partial charge in [0.2, 0.25) is 5.82 Å². The molecule has 4 heterocycles. The van der Waals surface area contributed by atoms with E-state index in [1.807, 2.05) is 0 Å². The molecule has 192 valence electrons. The Hall–Kier alpha value is -4.42. The van der Waals surface area contributed by atoms with Gasteiger partial charge in [-0.2, -0.15) is 13.2 Å². The van der Waals surface area contributed by atoms with Crippen LogP contribution in [0.5, 0.6) is 0 Å². The molecule has 1 aliphatic rings. The molecule has 1 saturated heterocycles. The number of amides is 2. The van der Waals surface area contributed by atoms with E-state index in [2.05, 4.69) is 20.3 Å². The monoisotopic (exact) mass is 513 g/mol. The number of aromatic amines is 1. The predicted molar refractivity (Wildman–Crippen MR) is 129 cm³/mol. The summed E-state index contributed by atoms with van der Waals surface area (Å²) < 4.78 is 41.5. The fourth-order valence-electron chi connectivity index (χ4n) is 4.51. The number of halogens is 3. The number of nitrogens with zero attached hydrogens (tertiary/aromatic N) is 5. The van der Waals surface area contributed by atoms with Gasteiger partial charge in [0.15, 0.2) is 5.65 Å². The van der Waals surface area contributed by atoms with E-state index in [-0.39, 0.29) is 30.5 Å². The summed E-state index contributed by atoms with van der Waals surface area (Å²) in [6.07, 6.45) is -1.10. The molecular weight excluding hydrogens is 491 g/mol. The molecule has 4 aromatic rings. The molecule has 13 heteroatoms. The number of hydrogen-bond acceptors (Lipinski definition) is 5. The minimum absolute atomic E-state index is 0.116. The molecule has 0 radical (unpaired) electrons. The van der Waals surface area contributed by atoms with Crippen LogP contribution in [0.15, 0.2) is 64.4 Å². The van der Waals surface area contributed by atoms with Crippen molar-refractivity contribution >= 4 is 23.0 Å². The van der Waals surface area contributed by atoms with Crippen molar-refractivity contribution in [1.82, 2.24) is 29.0 Å². The van der Waals surface area contributed by atoms with Crippen LogP contribution in [-0.4, -0.2) is 54.3 Å². The maximum absolute atomic E-state index is 13.1. The van der Waals surface area contributed by atoms with Gasteiger partial charge in [0.1, 0.15) is 6.54 Å². The second kappa shape index (κ2) is 9.56. The summed E-state index contributed by atoms with van der Waals surface area (Å²) in [6, 6.07) is 11.1. The van der Waals surface area contributed by atoms with Crippen LogP contribution in [0.4, 0.5) is 23.8 Å². The first-order valence-electron chi connectivity index (χ1n) is 11.5. The minimum atomic E-state index is -4.64. The molecule has 0 atom stereocenters. The summed E-state index contributed by atoms with van der Waals surface area (Å²) in [5.74, 6) is -0.489. The quantitative estimate of drug-likeness (QED) is 0.434. The summed E-state index contributed by atoms with van der Waals surface area (Å²) in [4.78, 5) is 50.6. The number of imidazole rings is 1. The first-order valence-corrected chi connectivity index (χ1v) is 11.5. The number of aromatic nitrogens is 5. The van der Waals surface area contributed by atoms with E-state index in [0.29, 0.717) is 34.1 Å². The SMILES string of the molecule is O=C(Nc1nc(-c2ccccc2)cn(CC(F)(F)F)c1=O)N1CCC(n2c(=O)[nH]c3ncccc32)CC1. The number of carbonyl (C=O) groups excluding carboxylic acids is 1. The van der Waals surface area contributed by atoms with Crippen LogP contribution in [0.3, 0.4) is 0 Å². The van der Waals surface area contributed by atoms with Crippen molar-refractivity contribution in [3.8, 4) is 11.3 Å². The molecule has 10 nitrogen and oxygen atoms in total. The van der Waals surface area contributed by atoms with Gasteiger partial charge in [-0.15, -0.1) is 0 Å². The number of benzene rings is 1. The van der Waals surface area contributed by atoms with E-state index >= 15 is 0 Å². The fourth-order valence-corrected chi connectivity index (χ4v) is 4.51.